The Hall–Kier alpha value is -2.13. The highest BCUT2D eigenvalue weighted by Gasteiger charge is 2.17. The molecule has 3 nitrogen and oxygen atoms in total. The number of aliphatic imine (C=N–C) groups is 1. The van der Waals surface area contributed by atoms with Crippen LogP contribution in [0.15, 0.2) is 47.5 Å². The number of nitrogens with zero attached hydrogens (tertiary/aromatic N) is 1. The van der Waals surface area contributed by atoms with Gasteiger partial charge in [-0.2, -0.15) is 0 Å². The lowest BCUT2D eigenvalue weighted by atomic mass is 10.1. The molecule has 0 fully saturated rings. The lowest BCUT2D eigenvalue weighted by Gasteiger charge is -2.04. The van der Waals surface area contributed by atoms with Crippen LogP contribution in [0, 0.1) is 6.92 Å². The average Bonchev–Trinajstić information content (AvgIpc) is 2.57. The number of rotatable bonds is 1. The zero-order valence-corrected chi connectivity index (χ0v) is 11.7. The van der Waals surface area contributed by atoms with Gasteiger partial charge in [-0.25, -0.2) is 0 Å². The average molecular weight is 285 g/mol. The Morgan fingerprint density at radius 1 is 1.15 bits per heavy atom. The third kappa shape index (κ3) is 2.58. The minimum atomic E-state index is -0.0543. The largest absolute Gasteiger partial charge is 0.324 e. The maximum atomic E-state index is 12.0. The summed E-state index contributed by atoms with van der Waals surface area (Å²) >= 11 is 5.89. The van der Waals surface area contributed by atoms with Crippen LogP contribution in [-0.4, -0.2) is 11.6 Å². The van der Waals surface area contributed by atoms with Crippen molar-refractivity contribution in [2.45, 2.75) is 13.3 Å². The van der Waals surface area contributed by atoms with Crippen molar-refractivity contribution in [3.05, 3.63) is 58.6 Å². The highest BCUT2D eigenvalue weighted by molar-refractivity contribution is 6.30. The summed E-state index contributed by atoms with van der Waals surface area (Å²) in [6, 6.07) is 13.2. The van der Waals surface area contributed by atoms with Gasteiger partial charge in [0.2, 0.25) is 5.91 Å². The van der Waals surface area contributed by atoms with E-state index in [2.05, 4.69) is 10.3 Å². The van der Waals surface area contributed by atoms with Gasteiger partial charge in [-0.15, -0.1) is 0 Å². The zero-order chi connectivity index (χ0) is 14.1. The number of amides is 1. The number of anilines is 1. The number of nitrogens with one attached hydrogen (secondary N) is 1. The number of hydrogen-bond donors (Lipinski definition) is 1. The quantitative estimate of drug-likeness (QED) is 0.841. The van der Waals surface area contributed by atoms with E-state index in [4.69, 9.17) is 11.6 Å². The van der Waals surface area contributed by atoms with Crippen LogP contribution in [0.4, 0.5) is 11.4 Å². The third-order valence-corrected chi connectivity index (χ3v) is 3.44. The Morgan fingerprint density at radius 2 is 1.90 bits per heavy atom. The molecule has 0 aromatic heterocycles. The van der Waals surface area contributed by atoms with E-state index in [1.807, 2.05) is 37.3 Å². The Labute approximate surface area is 122 Å². The van der Waals surface area contributed by atoms with E-state index >= 15 is 0 Å². The first-order valence-corrected chi connectivity index (χ1v) is 6.73. The van der Waals surface area contributed by atoms with E-state index < -0.39 is 0 Å². The number of benzene rings is 2. The Morgan fingerprint density at radius 3 is 2.65 bits per heavy atom. The number of hydrogen-bond acceptors (Lipinski definition) is 2. The van der Waals surface area contributed by atoms with Crippen LogP contribution < -0.4 is 5.32 Å². The standard InChI is InChI=1S/C16H13ClN2O/c1-10-2-7-13-15(8-10)18-14(9-16(20)19-13)11-3-5-12(17)6-4-11/h2-8H,9H2,1H3,(H,19,20). The molecule has 0 atom stereocenters. The summed E-state index contributed by atoms with van der Waals surface area (Å²) in [7, 11) is 0. The molecule has 20 heavy (non-hydrogen) atoms. The fourth-order valence-corrected chi connectivity index (χ4v) is 2.31. The smallest absolute Gasteiger partial charge is 0.230 e. The molecule has 4 heteroatoms. The van der Waals surface area contributed by atoms with E-state index in [0.29, 0.717) is 5.02 Å². The van der Waals surface area contributed by atoms with Crippen LogP contribution in [0.25, 0.3) is 0 Å². The van der Waals surface area contributed by atoms with Crippen LogP contribution in [0.1, 0.15) is 17.5 Å². The molecule has 0 radical (unpaired) electrons. The number of carbonyl (C=O) groups is 1. The molecule has 2 aromatic rings. The van der Waals surface area contributed by atoms with Crippen molar-refractivity contribution in [1.29, 1.82) is 0 Å². The summed E-state index contributed by atoms with van der Waals surface area (Å²) in [5.74, 6) is -0.0543. The SMILES string of the molecule is Cc1ccc2c(c1)N=C(c1ccc(Cl)cc1)CC(=O)N2. The van der Waals surface area contributed by atoms with Gasteiger partial charge in [0.05, 0.1) is 23.5 Å². The molecule has 3 rings (SSSR count). The minimum Gasteiger partial charge on any atom is -0.324 e. The summed E-state index contributed by atoms with van der Waals surface area (Å²) < 4.78 is 0. The van der Waals surface area contributed by atoms with Gasteiger partial charge in [-0.3, -0.25) is 9.79 Å². The summed E-state index contributed by atoms with van der Waals surface area (Å²) in [5, 5.41) is 3.55. The molecule has 0 bridgehead atoms. The summed E-state index contributed by atoms with van der Waals surface area (Å²) in [6.07, 6.45) is 0.259. The first-order chi connectivity index (χ1) is 9.61. The van der Waals surface area contributed by atoms with Gasteiger partial charge in [0, 0.05) is 5.02 Å². The van der Waals surface area contributed by atoms with E-state index in [1.54, 1.807) is 12.1 Å². The first-order valence-electron chi connectivity index (χ1n) is 6.36. The van der Waals surface area contributed by atoms with Gasteiger partial charge in [0.15, 0.2) is 0 Å². The fourth-order valence-electron chi connectivity index (χ4n) is 2.18. The highest BCUT2D eigenvalue weighted by atomic mass is 35.5. The molecule has 0 spiro atoms. The minimum absolute atomic E-state index is 0.0543. The topological polar surface area (TPSA) is 41.5 Å². The monoisotopic (exact) mass is 284 g/mol. The zero-order valence-electron chi connectivity index (χ0n) is 11.0. The second-order valence-corrected chi connectivity index (χ2v) is 5.25. The van der Waals surface area contributed by atoms with Crippen molar-refractivity contribution in [1.82, 2.24) is 0 Å². The normalized spacial score (nSPS) is 14.1. The van der Waals surface area contributed by atoms with E-state index in [-0.39, 0.29) is 12.3 Å². The molecule has 0 saturated heterocycles. The maximum Gasteiger partial charge on any atom is 0.230 e. The van der Waals surface area contributed by atoms with Crippen LogP contribution >= 0.6 is 11.6 Å². The van der Waals surface area contributed by atoms with Gasteiger partial charge in [-0.1, -0.05) is 29.8 Å². The molecule has 100 valence electrons. The molecule has 1 N–H and O–H groups in total. The van der Waals surface area contributed by atoms with Gasteiger partial charge in [-0.05, 0) is 42.3 Å². The molecule has 1 amide bonds. The lowest BCUT2D eigenvalue weighted by Crippen LogP contribution is -2.14. The van der Waals surface area contributed by atoms with Gasteiger partial charge in [0.1, 0.15) is 0 Å². The number of fused-ring (bicyclic) bond motifs is 1. The second kappa shape index (κ2) is 5.10. The molecule has 0 aliphatic carbocycles. The third-order valence-electron chi connectivity index (χ3n) is 3.19. The van der Waals surface area contributed by atoms with Gasteiger partial charge in [0.25, 0.3) is 0 Å². The molecule has 1 aliphatic heterocycles. The van der Waals surface area contributed by atoms with Crippen molar-refractivity contribution in [2.24, 2.45) is 4.99 Å². The fraction of sp³-hybridized carbons (Fsp3) is 0.125. The molecule has 0 unspecified atom stereocenters. The van der Waals surface area contributed by atoms with Crippen LogP contribution in [0.2, 0.25) is 5.02 Å². The van der Waals surface area contributed by atoms with E-state index in [9.17, 15) is 4.79 Å². The maximum absolute atomic E-state index is 12.0. The highest BCUT2D eigenvalue weighted by Crippen LogP contribution is 2.30. The Balaban J connectivity index is 2.10. The molecule has 1 heterocycles. The predicted octanol–water partition coefficient (Wildman–Crippen LogP) is 4.11. The number of carbonyl (C=O) groups excluding carboxylic acids is 1. The van der Waals surface area contributed by atoms with Crippen LogP contribution in [0.5, 0.6) is 0 Å². The molecule has 0 saturated carbocycles. The number of aryl methyl sites for hydroxylation is 1. The van der Waals surface area contributed by atoms with Crippen molar-refractivity contribution in [3.8, 4) is 0 Å². The first kappa shape index (κ1) is 12.9. The lowest BCUT2D eigenvalue weighted by molar-refractivity contribution is -0.115. The number of halogens is 1. The molecule has 2 aromatic carbocycles. The van der Waals surface area contributed by atoms with Gasteiger partial charge < -0.3 is 5.32 Å². The van der Waals surface area contributed by atoms with Crippen LogP contribution in [0.3, 0.4) is 0 Å². The van der Waals surface area contributed by atoms with Crippen molar-refractivity contribution in [3.63, 3.8) is 0 Å². The summed E-state index contributed by atoms with van der Waals surface area (Å²) in [5.41, 5.74) is 4.33. The van der Waals surface area contributed by atoms with Crippen molar-refractivity contribution < 1.29 is 4.79 Å². The predicted molar refractivity (Wildman–Crippen MR) is 82.1 cm³/mol. The van der Waals surface area contributed by atoms with Gasteiger partial charge >= 0.3 is 0 Å². The van der Waals surface area contributed by atoms with E-state index in [1.165, 1.54) is 0 Å². The molecular formula is C16H13ClN2O. The molecular weight excluding hydrogens is 272 g/mol. The molecule has 1 aliphatic rings. The van der Waals surface area contributed by atoms with Crippen LogP contribution in [-0.2, 0) is 4.79 Å². The summed E-state index contributed by atoms with van der Waals surface area (Å²) in [4.78, 5) is 16.6. The van der Waals surface area contributed by atoms with Crippen molar-refractivity contribution >= 4 is 34.6 Å². The van der Waals surface area contributed by atoms with Crippen molar-refractivity contribution in [2.75, 3.05) is 5.32 Å². The Bertz CT molecular complexity index is 705. The van der Waals surface area contributed by atoms with E-state index in [0.717, 1.165) is 28.2 Å². The summed E-state index contributed by atoms with van der Waals surface area (Å²) in [6.45, 7) is 2.00. The second-order valence-electron chi connectivity index (χ2n) is 4.81. The Kier molecular flexibility index (Phi) is 3.28.